The van der Waals surface area contributed by atoms with Crippen LogP contribution in [-0.2, 0) is 6.42 Å². The summed E-state index contributed by atoms with van der Waals surface area (Å²) in [6.45, 7) is 5.52. The third kappa shape index (κ3) is 4.92. The number of ketones is 1. The molecule has 5 heteroatoms. The minimum atomic E-state index is 0.0168. The molecule has 1 aliphatic heterocycles. The van der Waals surface area contributed by atoms with Gasteiger partial charge in [0.2, 0.25) is 0 Å². The molecule has 1 amide bonds. The summed E-state index contributed by atoms with van der Waals surface area (Å²) in [5.74, 6) is 2.09. The van der Waals surface area contributed by atoms with E-state index < -0.39 is 0 Å². The number of hydrogen-bond donors (Lipinski definition) is 0. The van der Waals surface area contributed by atoms with Crippen molar-refractivity contribution in [3.63, 3.8) is 0 Å². The molecule has 2 aromatic rings. The molecule has 0 bridgehead atoms. The van der Waals surface area contributed by atoms with Crippen molar-refractivity contribution >= 4 is 11.7 Å². The highest BCUT2D eigenvalue weighted by Gasteiger charge is 2.35. The standard InChI is InChI=1S/C24H27NO4.C2H6/c1-28-21-14-18-13-19(23(26)20(18)15-22(21)29-2)12-16-8-10-25(11-9-16)24(27)17-6-4-3-5-7-17;1-2/h3-7,14-16,19H,8-13H2,1-2H3;1-2H3. The van der Waals surface area contributed by atoms with Gasteiger partial charge in [-0.3, -0.25) is 9.59 Å². The van der Waals surface area contributed by atoms with Gasteiger partial charge in [0.15, 0.2) is 17.3 Å². The molecule has 1 atom stereocenters. The van der Waals surface area contributed by atoms with Crippen LogP contribution < -0.4 is 9.47 Å². The summed E-state index contributed by atoms with van der Waals surface area (Å²) in [4.78, 5) is 27.5. The van der Waals surface area contributed by atoms with E-state index in [1.165, 1.54) is 0 Å². The number of ether oxygens (including phenoxy) is 2. The molecule has 31 heavy (non-hydrogen) atoms. The zero-order valence-corrected chi connectivity index (χ0v) is 19.0. The number of nitrogens with zero attached hydrogens (tertiary/aromatic N) is 1. The molecule has 0 saturated carbocycles. The average molecular weight is 424 g/mol. The second-order valence-corrected chi connectivity index (χ2v) is 7.97. The first kappa shape index (κ1) is 22.9. The van der Waals surface area contributed by atoms with Gasteiger partial charge in [0.05, 0.1) is 14.2 Å². The number of benzene rings is 2. The summed E-state index contributed by atoms with van der Waals surface area (Å²) in [5.41, 5.74) is 2.56. The van der Waals surface area contributed by atoms with Crippen LogP contribution >= 0.6 is 0 Å². The van der Waals surface area contributed by atoms with Crippen molar-refractivity contribution in [2.75, 3.05) is 27.3 Å². The van der Waals surface area contributed by atoms with Crippen LogP contribution in [0.15, 0.2) is 42.5 Å². The van der Waals surface area contributed by atoms with Crippen LogP contribution in [0.3, 0.4) is 0 Å². The molecule has 1 heterocycles. The fraction of sp³-hybridized carbons (Fsp3) is 0.462. The number of Topliss-reactive ketones (excluding diaryl/α,β-unsaturated/α-hetero) is 1. The largest absolute Gasteiger partial charge is 0.493 e. The van der Waals surface area contributed by atoms with Gasteiger partial charge < -0.3 is 14.4 Å². The topological polar surface area (TPSA) is 55.8 Å². The molecule has 1 fully saturated rings. The van der Waals surface area contributed by atoms with Crippen molar-refractivity contribution in [1.82, 2.24) is 4.90 Å². The minimum absolute atomic E-state index is 0.0168. The number of rotatable bonds is 5. The molecule has 0 radical (unpaired) electrons. The zero-order valence-electron chi connectivity index (χ0n) is 19.0. The summed E-state index contributed by atoms with van der Waals surface area (Å²) >= 11 is 0. The fourth-order valence-electron chi connectivity index (χ4n) is 4.63. The van der Waals surface area contributed by atoms with Gasteiger partial charge in [-0.15, -0.1) is 0 Å². The molecule has 4 rings (SSSR count). The predicted molar refractivity (Wildman–Crippen MR) is 122 cm³/mol. The van der Waals surface area contributed by atoms with Gasteiger partial charge >= 0.3 is 0 Å². The van der Waals surface area contributed by atoms with Crippen molar-refractivity contribution in [1.29, 1.82) is 0 Å². The first-order valence-electron chi connectivity index (χ1n) is 11.2. The smallest absolute Gasteiger partial charge is 0.253 e. The Kier molecular flexibility index (Phi) is 7.72. The van der Waals surface area contributed by atoms with Gasteiger partial charge in [-0.2, -0.15) is 0 Å². The number of carbonyl (C=O) groups excluding carboxylic acids is 2. The maximum absolute atomic E-state index is 12.9. The Hall–Kier alpha value is -2.82. The molecule has 0 aromatic heterocycles. The lowest BCUT2D eigenvalue weighted by Gasteiger charge is -2.33. The lowest BCUT2D eigenvalue weighted by molar-refractivity contribution is 0.0669. The summed E-state index contributed by atoms with van der Waals surface area (Å²) in [7, 11) is 3.20. The number of amides is 1. The van der Waals surface area contributed by atoms with Crippen LogP contribution in [0.5, 0.6) is 11.5 Å². The van der Waals surface area contributed by atoms with Gasteiger partial charge in [-0.05, 0) is 61.4 Å². The maximum Gasteiger partial charge on any atom is 0.253 e. The Labute approximate surface area is 185 Å². The molecule has 1 saturated heterocycles. The van der Waals surface area contributed by atoms with Crippen molar-refractivity contribution in [2.24, 2.45) is 11.8 Å². The quantitative estimate of drug-likeness (QED) is 0.677. The normalized spacial score (nSPS) is 18.1. The van der Waals surface area contributed by atoms with Crippen LogP contribution in [0.2, 0.25) is 0 Å². The highest BCUT2D eigenvalue weighted by Crippen LogP contribution is 2.39. The second-order valence-electron chi connectivity index (χ2n) is 7.97. The highest BCUT2D eigenvalue weighted by atomic mass is 16.5. The van der Waals surface area contributed by atoms with Crippen molar-refractivity contribution in [3.05, 3.63) is 59.2 Å². The van der Waals surface area contributed by atoms with Gasteiger partial charge in [-0.25, -0.2) is 0 Å². The third-order valence-corrected chi connectivity index (χ3v) is 6.25. The van der Waals surface area contributed by atoms with Crippen molar-refractivity contribution in [3.8, 4) is 11.5 Å². The number of methoxy groups -OCH3 is 2. The molecular formula is C26H33NO4. The molecule has 5 nitrogen and oxygen atoms in total. The van der Waals surface area contributed by atoms with Crippen LogP contribution in [0.25, 0.3) is 0 Å². The van der Waals surface area contributed by atoms with Crippen LogP contribution in [0, 0.1) is 11.8 Å². The first-order chi connectivity index (χ1) is 15.1. The minimum Gasteiger partial charge on any atom is -0.493 e. The molecule has 166 valence electrons. The molecule has 2 aliphatic rings. The predicted octanol–water partition coefficient (Wildman–Crippen LogP) is 5.03. The van der Waals surface area contributed by atoms with Gasteiger partial charge in [0.1, 0.15) is 0 Å². The highest BCUT2D eigenvalue weighted by molar-refractivity contribution is 6.03. The monoisotopic (exact) mass is 423 g/mol. The summed E-state index contributed by atoms with van der Waals surface area (Å²) < 4.78 is 10.7. The molecule has 0 spiro atoms. The van der Waals surface area contributed by atoms with E-state index in [4.69, 9.17) is 9.47 Å². The summed E-state index contributed by atoms with van der Waals surface area (Å²) in [6.07, 6.45) is 3.54. The molecule has 0 N–H and O–H groups in total. The first-order valence-corrected chi connectivity index (χ1v) is 11.2. The van der Waals surface area contributed by atoms with Crippen LogP contribution in [0.4, 0.5) is 0 Å². The molecular weight excluding hydrogens is 390 g/mol. The van der Waals surface area contributed by atoms with Crippen molar-refractivity contribution < 1.29 is 19.1 Å². The van der Waals surface area contributed by atoms with Crippen molar-refractivity contribution in [2.45, 2.75) is 39.5 Å². The van der Waals surface area contributed by atoms with E-state index in [1.54, 1.807) is 14.2 Å². The van der Waals surface area contributed by atoms with E-state index in [2.05, 4.69) is 0 Å². The van der Waals surface area contributed by atoms with E-state index in [1.807, 2.05) is 61.2 Å². The number of carbonyl (C=O) groups is 2. The Balaban J connectivity index is 0.00000132. The SMILES string of the molecule is CC.COc1cc2c(cc1OC)C(=O)C(CC1CCN(C(=O)c3ccccc3)CC1)C2. The van der Waals surface area contributed by atoms with E-state index in [-0.39, 0.29) is 17.6 Å². The summed E-state index contributed by atoms with van der Waals surface area (Å²) in [5, 5.41) is 0. The second kappa shape index (κ2) is 10.5. The van der Waals surface area contributed by atoms with Gasteiger partial charge in [-0.1, -0.05) is 32.0 Å². The lowest BCUT2D eigenvalue weighted by atomic mass is 9.85. The molecule has 2 aromatic carbocycles. The number of likely N-dealkylation sites (tertiary alicyclic amines) is 1. The maximum atomic E-state index is 12.9. The number of fused-ring (bicyclic) bond motifs is 1. The third-order valence-electron chi connectivity index (χ3n) is 6.25. The van der Waals surface area contributed by atoms with E-state index in [9.17, 15) is 9.59 Å². The average Bonchev–Trinajstić information content (AvgIpc) is 3.14. The van der Waals surface area contributed by atoms with Gasteiger partial charge in [0, 0.05) is 30.1 Å². The van der Waals surface area contributed by atoms with Gasteiger partial charge in [0.25, 0.3) is 5.91 Å². The molecule has 1 unspecified atom stereocenters. The van der Waals surface area contributed by atoms with E-state index in [0.29, 0.717) is 17.4 Å². The Morgan fingerprint density at radius 3 is 2.23 bits per heavy atom. The molecule has 1 aliphatic carbocycles. The Bertz CT molecular complexity index is 901. The number of hydrogen-bond acceptors (Lipinski definition) is 4. The Morgan fingerprint density at radius 1 is 1.00 bits per heavy atom. The number of piperidine rings is 1. The Morgan fingerprint density at radius 2 is 1.61 bits per heavy atom. The van der Waals surface area contributed by atoms with E-state index >= 15 is 0 Å². The van der Waals surface area contributed by atoms with Crippen LogP contribution in [-0.4, -0.2) is 43.9 Å². The fourth-order valence-corrected chi connectivity index (χ4v) is 4.63. The summed E-state index contributed by atoms with van der Waals surface area (Å²) in [6, 6.07) is 13.2. The zero-order chi connectivity index (χ0) is 22.4. The lowest BCUT2D eigenvalue weighted by Crippen LogP contribution is -2.39. The van der Waals surface area contributed by atoms with E-state index in [0.717, 1.165) is 55.5 Å². The van der Waals surface area contributed by atoms with Crippen LogP contribution in [0.1, 0.15) is 59.4 Å².